The number of phenolic OH excluding ortho intramolecular Hbond substituents is 1. The number of phenols is 1. The van der Waals surface area contributed by atoms with Crippen molar-refractivity contribution in [2.24, 2.45) is 0 Å². The van der Waals surface area contributed by atoms with Gasteiger partial charge in [0.1, 0.15) is 5.75 Å². The van der Waals surface area contributed by atoms with E-state index < -0.39 is 9.84 Å². The topological polar surface area (TPSA) is 54.4 Å². The molecule has 0 unspecified atom stereocenters. The van der Waals surface area contributed by atoms with Gasteiger partial charge in [0.15, 0.2) is 0 Å². The number of benzene rings is 1. The van der Waals surface area contributed by atoms with Crippen LogP contribution in [-0.2, 0) is 9.84 Å². The van der Waals surface area contributed by atoms with E-state index in [1.807, 2.05) is 0 Å². The third-order valence-electron chi connectivity index (χ3n) is 1.40. The molecule has 0 aromatic heterocycles. The molecule has 1 aromatic rings. The second-order valence-electron chi connectivity index (χ2n) is 2.30. The summed E-state index contributed by atoms with van der Waals surface area (Å²) in [4.78, 5) is 0.0993. The molecule has 13 heavy (non-hydrogen) atoms. The van der Waals surface area contributed by atoms with Crippen molar-refractivity contribution >= 4 is 21.4 Å². The van der Waals surface area contributed by atoms with E-state index >= 15 is 0 Å². The summed E-state index contributed by atoms with van der Waals surface area (Å²) in [5.74, 6) is 0.0220. The molecule has 0 saturated carbocycles. The Labute approximate surface area is 81.2 Å². The molecule has 0 aliphatic heterocycles. The van der Waals surface area contributed by atoms with Crippen LogP contribution in [0.15, 0.2) is 40.1 Å². The fraction of sp³-hybridized carbons (Fsp3) is 0. The van der Waals surface area contributed by atoms with Crippen molar-refractivity contribution in [3.63, 3.8) is 0 Å². The summed E-state index contributed by atoms with van der Waals surface area (Å²) in [5.41, 5.74) is 0.933. The van der Waals surface area contributed by atoms with Crippen molar-refractivity contribution in [1.82, 2.24) is 0 Å². The zero-order valence-electron chi connectivity index (χ0n) is 6.51. The first-order chi connectivity index (χ1) is 6.06. The molecule has 0 fully saturated rings. The molecular weight excluding hydrogens is 212 g/mol. The number of hydrogen-bond acceptors (Lipinski definition) is 3. The van der Waals surface area contributed by atoms with E-state index in [1.165, 1.54) is 24.3 Å². The summed E-state index contributed by atoms with van der Waals surface area (Å²) in [6, 6.07) is 5.22. The molecule has 1 N–H and O–H groups in total. The molecule has 70 valence electrons. The molecule has 0 radical (unpaired) electrons. The Bertz CT molecular complexity index is 406. The Hall–Kier alpha value is -1.00. The van der Waals surface area contributed by atoms with E-state index in [1.54, 1.807) is 0 Å². The largest absolute Gasteiger partial charge is 0.508 e. The smallest absolute Gasteiger partial charge is 0.200 e. The quantitative estimate of drug-likeness (QED) is 0.825. The first-order valence-electron chi connectivity index (χ1n) is 3.37. The fourth-order valence-corrected chi connectivity index (χ4v) is 2.00. The highest BCUT2D eigenvalue weighted by Crippen LogP contribution is 2.16. The summed E-state index contributed by atoms with van der Waals surface area (Å²) >= 11 is 5.16. The van der Waals surface area contributed by atoms with Crippen LogP contribution in [0.3, 0.4) is 0 Å². The van der Waals surface area contributed by atoms with Crippen LogP contribution in [-0.4, -0.2) is 13.5 Å². The van der Waals surface area contributed by atoms with Crippen molar-refractivity contribution in [2.75, 3.05) is 0 Å². The van der Waals surface area contributed by atoms with Gasteiger partial charge in [0.05, 0.1) is 4.90 Å². The van der Waals surface area contributed by atoms with Crippen molar-refractivity contribution in [3.8, 4) is 5.75 Å². The second-order valence-corrected chi connectivity index (χ2v) is 4.39. The molecule has 1 rings (SSSR count). The number of hydrogen-bond donors (Lipinski definition) is 1. The van der Waals surface area contributed by atoms with Gasteiger partial charge in [-0.25, -0.2) is 8.42 Å². The van der Waals surface area contributed by atoms with Crippen LogP contribution in [0.25, 0.3) is 0 Å². The average Bonchev–Trinajstić information content (AvgIpc) is 2.05. The van der Waals surface area contributed by atoms with Crippen LogP contribution >= 0.6 is 11.6 Å². The summed E-state index contributed by atoms with van der Waals surface area (Å²) in [6.07, 6.45) is 0. The van der Waals surface area contributed by atoms with Gasteiger partial charge in [0.2, 0.25) is 9.84 Å². The van der Waals surface area contributed by atoms with Gasteiger partial charge in [-0.1, -0.05) is 11.6 Å². The number of rotatable bonds is 2. The molecule has 3 nitrogen and oxygen atoms in total. The molecule has 0 heterocycles. The molecule has 0 saturated heterocycles. The summed E-state index contributed by atoms with van der Waals surface area (Å²) in [7, 11) is -3.45. The maximum Gasteiger partial charge on any atom is 0.200 e. The lowest BCUT2D eigenvalue weighted by molar-refractivity contribution is 0.475. The van der Waals surface area contributed by atoms with E-state index in [-0.39, 0.29) is 10.6 Å². The van der Waals surface area contributed by atoms with Crippen molar-refractivity contribution < 1.29 is 13.5 Å². The van der Waals surface area contributed by atoms with Crippen molar-refractivity contribution in [3.05, 3.63) is 35.2 Å². The lowest BCUT2D eigenvalue weighted by atomic mass is 10.3. The highest BCUT2D eigenvalue weighted by Gasteiger charge is 2.08. The molecule has 0 atom stereocenters. The highest BCUT2D eigenvalue weighted by molar-refractivity contribution is 7.94. The maximum atomic E-state index is 11.3. The van der Waals surface area contributed by atoms with Crippen molar-refractivity contribution in [1.29, 1.82) is 0 Å². The summed E-state index contributed by atoms with van der Waals surface area (Å²) in [5, 5.41) is 9.80. The standard InChI is InChI=1S/C8H7ClO3S/c9-5-6-13(11,12)8-3-1-7(10)2-4-8/h1-6,10H. The minimum absolute atomic E-state index is 0.0220. The molecular formula is C8H7ClO3S. The van der Waals surface area contributed by atoms with Crippen LogP contribution in [0.5, 0.6) is 5.75 Å². The van der Waals surface area contributed by atoms with Crippen LogP contribution in [0, 0.1) is 0 Å². The molecule has 0 spiro atoms. The number of sulfone groups is 1. The zero-order chi connectivity index (χ0) is 9.90. The molecule has 0 amide bonds. The van der Waals surface area contributed by atoms with Gasteiger partial charge in [-0.15, -0.1) is 0 Å². The molecule has 0 bridgehead atoms. The molecule has 0 aliphatic rings. The van der Waals surface area contributed by atoms with Crippen LogP contribution < -0.4 is 0 Å². The van der Waals surface area contributed by atoms with Gasteiger partial charge < -0.3 is 5.11 Å². The third kappa shape index (κ3) is 2.47. The summed E-state index contributed by atoms with van der Waals surface area (Å²) < 4.78 is 22.6. The van der Waals surface area contributed by atoms with E-state index in [9.17, 15) is 8.42 Å². The lowest BCUT2D eigenvalue weighted by Gasteiger charge is -1.97. The van der Waals surface area contributed by atoms with Crippen LogP contribution in [0.1, 0.15) is 0 Å². The second kappa shape index (κ2) is 3.81. The van der Waals surface area contributed by atoms with E-state index in [0.29, 0.717) is 0 Å². The van der Waals surface area contributed by atoms with Crippen LogP contribution in [0.4, 0.5) is 0 Å². The predicted octanol–water partition coefficient (Wildman–Crippen LogP) is 1.88. The van der Waals surface area contributed by atoms with Gasteiger partial charge in [-0.3, -0.25) is 0 Å². The minimum Gasteiger partial charge on any atom is -0.508 e. The summed E-state index contributed by atoms with van der Waals surface area (Å²) in [6.45, 7) is 0. The van der Waals surface area contributed by atoms with Crippen LogP contribution in [0.2, 0.25) is 0 Å². The van der Waals surface area contributed by atoms with Gasteiger partial charge in [-0.2, -0.15) is 0 Å². The Morgan fingerprint density at radius 3 is 2.23 bits per heavy atom. The number of halogens is 1. The normalized spacial score (nSPS) is 12.1. The molecule has 1 aromatic carbocycles. The third-order valence-corrected chi connectivity index (χ3v) is 3.09. The molecule has 5 heteroatoms. The Kier molecular flexibility index (Phi) is 2.95. The van der Waals surface area contributed by atoms with Gasteiger partial charge >= 0.3 is 0 Å². The van der Waals surface area contributed by atoms with E-state index in [0.717, 1.165) is 10.9 Å². The van der Waals surface area contributed by atoms with Crippen molar-refractivity contribution in [2.45, 2.75) is 4.90 Å². The Morgan fingerprint density at radius 2 is 1.77 bits per heavy atom. The molecule has 0 aliphatic carbocycles. The van der Waals surface area contributed by atoms with Gasteiger partial charge in [-0.05, 0) is 24.3 Å². The number of aromatic hydroxyl groups is 1. The van der Waals surface area contributed by atoms with Gasteiger partial charge in [0.25, 0.3) is 0 Å². The fourth-order valence-electron chi connectivity index (χ4n) is 0.782. The minimum atomic E-state index is -3.45. The highest BCUT2D eigenvalue weighted by atomic mass is 35.5. The zero-order valence-corrected chi connectivity index (χ0v) is 8.09. The first-order valence-corrected chi connectivity index (χ1v) is 5.35. The SMILES string of the molecule is O=S(=O)(C=CCl)c1ccc(O)cc1. The predicted molar refractivity (Wildman–Crippen MR) is 50.3 cm³/mol. The van der Waals surface area contributed by atoms with Gasteiger partial charge in [0, 0.05) is 10.9 Å². The van der Waals surface area contributed by atoms with E-state index in [2.05, 4.69) is 0 Å². The van der Waals surface area contributed by atoms with E-state index in [4.69, 9.17) is 16.7 Å². The average molecular weight is 219 g/mol. The first kappa shape index (κ1) is 10.1. The monoisotopic (exact) mass is 218 g/mol. The maximum absolute atomic E-state index is 11.3. The Balaban J connectivity index is 3.17. The lowest BCUT2D eigenvalue weighted by Crippen LogP contribution is -1.94. The Morgan fingerprint density at radius 1 is 1.23 bits per heavy atom.